The summed E-state index contributed by atoms with van der Waals surface area (Å²) in [5, 5.41) is 16.5. The maximum absolute atomic E-state index is 14.2. The maximum atomic E-state index is 14.2. The van der Waals surface area contributed by atoms with Gasteiger partial charge in [0, 0.05) is 30.1 Å². The Kier molecular flexibility index (Phi) is 5.27. The van der Waals surface area contributed by atoms with E-state index in [2.05, 4.69) is 4.98 Å². The van der Waals surface area contributed by atoms with Crippen molar-refractivity contribution in [3.05, 3.63) is 71.7 Å². The molecule has 1 aliphatic rings. The number of aliphatic hydroxyl groups excluding tert-OH is 1. The number of aliphatic hydroxyl groups is 1. The zero-order chi connectivity index (χ0) is 21.5. The van der Waals surface area contributed by atoms with Crippen LogP contribution >= 0.6 is 0 Å². The molecular formula is C21H20FN3O4S. The van der Waals surface area contributed by atoms with E-state index in [4.69, 9.17) is 5.14 Å². The summed E-state index contributed by atoms with van der Waals surface area (Å²) in [5.74, 6) is -1.81. The molecular weight excluding hydrogens is 409 g/mol. The first-order valence-corrected chi connectivity index (χ1v) is 10.9. The summed E-state index contributed by atoms with van der Waals surface area (Å²) in [4.78, 5) is 18.4. The Morgan fingerprint density at radius 2 is 1.93 bits per heavy atom. The van der Waals surface area contributed by atoms with Crippen molar-refractivity contribution in [2.24, 2.45) is 11.1 Å². The number of pyridine rings is 1. The number of sulfonamides is 1. The van der Waals surface area contributed by atoms with Gasteiger partial charge in [0.05, 0.1) is 22.1 Å². The van der Waals surface area contributed by atoms with E-state index in [1.54, 1.807) is 0 Å². The molecule has 3 N–H and O–H groups in total. The lowest BCUT2D eigenvalue weighted by Crippen LogP contribution is -2.30. The van der Waals surface area contributed by atoms with Gasteiger partial charge in [-0.1, -0.05) is 24.3 Å². The Hall–Kier alpha value is -2.88. The van der Waals surface area contributed by atoms with Crippen LogP contribution < -0.4 is 5.14 Å². The van der Waals surface area contributed by atoms with Crippen LogP contribution in [0.2, 0.25) is 0 Å². The standard InChI is InChI=1S/C21H20FN3O4S/c22-18-8-7-16(30(23,28)29)10-17(18)21(27)25-11-14(20(26)12-25)9-15-6-5-13-3-1-2-4-19(13)24-15/h1-8,10,14,20,26H,9,11-12H2,(H2,23,28,29)/t14-,20-/m1/s1. The van der Waals surface area contributed by atoms with Gasteiger partial charge in [0.1, 0.15) is 5.82 Å². The third-order valence-corrected chi connectivity index (χ3v) is 6.23. The molecule has 2 aromatic carbocycles. The number of β-amino-alcohol motifs (C(OH)–C–C–N with tert-alkyl or cyclic N) is 1. The molecule has 1 aliphatic heterocycles. The highest BCUT2D eigenvalue weighted by molar-refractivity contribution is 7.89. The Labute approximate surface area is 173 Å². The Bertz CT molecular complexity index is 1230. The molecule has 2 atom stereocenters. The van der Waals surface area contributed by atoms with Crippen LogP contribution in [0.5, 0.6) is 0 Å². The monoisotopic (exact) mass is 429 g/mol. The number of nitrogens with two attached hydrogens (primary N) is 1. The van der Waals surface area contributed by atoms with E-state index in [1.807, 2.05) is 36.4 Å². The maximum Gasteiger partial charge on any atom is 0.256 e. The first-order valence-electron chi connectivity index (χ1n) is 9.37. The number of likely N-dealkylation sites (tertiary alicyclic amines) is 1. The average molecular weight is 429 g/mol. The summed E-state index contributed by atoms with van der Waals surface area (Å²) in [7, 11) is -4.07. The van der Waals surface area contributed by atoms with Gasteiger partial charge in [0.25, 0.3) is 5.91 Å². The van der Waals surface area contributed by atoms with E-state index in [1.165, 1.54) is 4.90 Å². The second-order valence-electron chi connectivity index (χ2n) is 7.42. The van der Waals surface area contributed by atoms with Gasteiger partial charge in [0.2, 0.25) is 10.0 Å². The first-order chi connectivity index (χ1) is 14.2. The third-order valence-electron chi connectivity index (χ3n) is 5.32. The third kappa shape index (κ3) is 4.04. The fourth-order valence-electron chi connectivity index (χ4n) is 3.73. The van der Waals surface area contributed by atoms with Crippen molar-refractivity contribution in [3.8, 4) is 0 Å². The van der Waals surface area contributed by atoms with Crippen LogP contribution in [-0.2, 0) is 16.4 Å². The highest BCUT2D eigenvalue weighted by Crippen LogP contribution is 2.25. The van der Waals surface area contributed by atoms with Crippen molar-refractivity contribution in [1.82, 2.24) is 9.88 Å². The SMILES string of the molecule is NS(=O)(=O)c1ccc(F)c(C(=O)N2C[C@@H](Cc3ccc4ccccc4n3)[C@H](O)C2)c1. The molecule has 0 saturated carbocycles. The van der Waals surface area contributed by atoms with Gasteiger partial charge >= 0.3 is 0 Å². The van der Waals surface area contributed by atoms with Crippen LogP contribution in [0.4, 0.5) is 4.39 Å². The summed E-state index contributed by atoms with van der Waals surface area (Å²) in [6.07, 6.45) is -0.345. The van der Waals surface area contributed by atoms with Crippen LogP contribution in [-0.4, -0.2) is 48.5 Å². The number of para-hydroxylation sites is 1. The number of rotatable bonds is 4. The molecule has 0 aliphatic carbocycles. The second-order valence-corrected chi connectivity index (χ2v) is 8.99. The Balaban J connectivity index is 1.53. The number of hydrogen-bond acceptors (Lipinski definition) is 5. The second kappa shape index (κ2) is 7.75. The lowest BCUT2D eigenvalue weighted by atomic mass is 9.99. The lowest BCUT2D eigenvalue weighted by molar-refractivity contribution is 0.0759. The van der Waals surface area contributed by atoms with Gasteiger partial charge in [-0.15, -0.1) is 0 Å². The van der Waals surface area contributed by atoms with Gasteiger partial charge < -0.3 is 10.0 Å². The summed E-state index contributed by atoms with van der Waals surface area (Å²) >= 11 is 0. The van der Waals surface area contributed by atoms with E-state index in [0.717, 1.165) is 34.8 Å². The largest absolute Gasteiger partial charge is 0.391 e. The fourth-order valence-corrected chi connectivity index (χ4v) is 4.27. The molecule has 1 saturated heterocycles. The number of fused-ring (bicyclic) bond motifs is 1. The number of aromatic nitrogens is 1. The highest BCUT2D eigenvalue weighted by Gasteiger charge is 2.35. The number of benzene rings is 2. The van der Waals surface area contributed by atoms with Crippen molar-refractivity contribution in [1.29, 1.82) is 0 Å². The van der Waals surface area contributed by atoms with Crippen molar-refractivity contribution in [3.63, 3.8) is 0 Å². The average Bonchev–Trinajstić information content (AvgIpc) is 3.07. The topological polar surface area (TPSA) is 114 Å². The quantitative estimate of drug-likeness (QED) is 0.655. The lowest BCUT2D eigenvalue weighted by Gasteiger charge is -2.17. The molecule has 4 rings (SSSR count). The number of primary sulfonamides is 1. The van der Waals surface area contributed by atoms with E-state index < -0.39 is 33.4 Å². The molecule has 7 nitrogen and oxygen atoms in total. The van der Waals surface area contributed by atoms with E-state index in [0.29, 0.717) is 6.42 Å². The van der Waals surface area contributed by atoms with Gasteiger partial charge in [-0.05, 0) is 36.8 Å². The fraction of sp³-hybridized carbons (Fsp3) is 0.238. The van der Waals surface area contributed by atoms with Crippen molar-refractivity contribution in [2.75, 3.05) is 13.1 Å². The molecule has 1 aromatic heterocycles. The number of hydrogen-bond donors (Lipinski definition) is 2. The van der Waals surface area contributed by atoms with Gasteiger partial charge in [0.15, 0.2) is 0 Å². The van der Waals surface area contributed by atoms with E-state index in [-0.39, 0.29) is 23.9 Å². The molecule has 156 valence electrons. The van der Waals surface area contributed by atoms with Crippen LogP contribution in [0, 0.1) is 11.7 Å². The van der Waals surface area contributed by atoms with Gasteiger partial charge in [-0.2, -0.15) is 0 Å². The molecule has 0 spiro atoms. The highest BCUT2D eigenvalue weighted by atomic mass is 32.2. The molecule has 0 unspecified atom stereocenters. The predicted octanol–water partition coefficient (Wildman–Crippen LogP) is 1.70. The van der Waals surface area contributed by atoms with E-state index >= 15 is 0 Å². The number of halogens is 1. The van der Waals surface area contributed by atoms with Crippen molar-refractivity contribution in [2.45, 2.75) is 17.4 Å². The normalized spacial score (nSPS) is 19.4. The summed E-state index contributed by atoms with van der Waals surface area (Å²) in [6, 6.07) is 14.4. The predicted molar refractivity (Wildman–Crippen MR) is 109 cm³/mol. The minimum atomic E-state index is -4.07. The summed E-state index contributed by atoms with van der Waals surface area (Å²) in [6.45, 7) is 0.226. The van der Waals surface area contributed by atoms with Crippen LogP contribution in [0.15, 0.2) is 59.5 Å². The van der Waals surface area contributed by atoms with Crippen molar-refractivity contribution >= 4 is 26.8 Å². The molecule has 3 aromatic rings. The number of carbonyl (C=O) groups is 1. The molecule has 1 fully saturated rings. The minimum Gasteiger partial charge on any atom is -0.391 e. The summed E-state index contributed by atoms with van der Waals surface area (Å²) < 4.78 is 37.2. The molecule has 9 heteroatoms. The molecule has 1 amide bonds. The van der Waals surface area contributed by atoms with Crippen LogP contribution in [0.1, 0.15) is 16.1 Å². The zero-order valence-corrected chi connectivity index (χ0v) is 16.7. The van der Waals surface area contributed by atoms with Crippen LogP contribution in [0.3, 0.4) is 0 Å². The van der Waals surface area contributed by atoms with Crippen molar-refractivity contribution < 1.29 is 22.7 Å². The number of nitrogens with zero attached hydrogens (tertiary/aromatic N) is 2. The smallest absolute Gasteiger partial charge is 0.256 e. The van der Waals surface area contributed by atoms with Gasteiger partial charge in [-0.25, -0.2) is 17.9 Å². The number of carbonyl (C=O) groups excluding carboxylic acids is 1. The Morgan fingerprint density at radius 1 is 1.17 bits per heavy atom. The molecule has 30 heavy (non-hydrogen) atoms. The van der Waals surface area contributed by atoms with Crippen LogP contribution in [0.25, 0.3) is 10.9 Å². The molecule has 2 heterocycles. The van der Waals surface area contributed by atoms with E-state index in [9.17, 15) is 22.7 Å². The minimum absolute atomic E-state index is 0.0239. The molecule has 0 radical (unpaired) electrons. The zero-order valence-electron chi connectivity index (χ0n) is 15.9. The Morgan fingerprint density at radius 3 is 2.70 bits per heavy atom. The first kappa shape index (κ1) is 20.4. The molecule has 0 bridgehead atoms. The summed E-state index contributed by atoms with van der Waals surface area (Å²) in [5.41, 5.74) is 1.24. The number of amides is 1. The van der Waals surface area contributed by atoms with Gasteiger partial charge in [-0.3, -0.25) is 9.78 Å².